The average Bonchev–Trinajstić information content (AvgIpc) is 3.47. The predicted molar refractivity (Wildman–Crippen MR) is 117 cm³/mol. The van der Waals surface area contributed by atoms with Crippen molar-refractivity contribution in [1.82, 2.24) is 15.1 Å². The van der Waals surface area contributed by atoms with Gasteiger partial charge in [-0.1, -0.05) is 0 Å². The minimum Gasteiger partial charge on any atom is -0.489 e. The van der Waals surface area contributed by atoms with E-state index in [9.17, 15) is 9.59 Å². The van der Waals surface area contributed by atoms with Gasteiger partial charge in [-0.05, 0) is 42.8 Å². The summed E-state index contributed by atoms with van der Waals surface area (Å²) >= 11 is 0. The second-order valence-electron chi connectivity index (χ2n) is 8.57. The molecule has 0 aliphatic carbocycles. The van der Waals surface area contributed by atoms with Gasteiger partial charge in [0.1, 0.15) is 11.9 Å². The summed E-state index contributed by atoms with van der Waals surface area (Å²) in [6.07, 6.45) is 3.26. The van der Waals surface area contributed by atoms with Crippen molar-refractivity contribution in [3.63, 3.8) is 0 Å². The number of carbonyl (C=O) groups excluding carboxylic acids is 2. The lowest BCUT2D eigenvalue weighted by Gasteiger charge is -2.38. The van der Waals surface area contributed by atoms with Crippen LogP contribution in [0.2, 0.25) is 0 Å². The minimum atomic E-state index is -0.0693. The molecule has 1 N–H and O–H groups in total. The van der Waals surface area contributed by atoms with Gasteiger partial charge in [0.2, 0.25) is 11.8 Å². The highest BCUT2D eigenvalue weighted by atomic mass is 16.5. The fourth-order valence-electron chi connectivity index (χ4n) is 4.36. The van der Waals surface area contributed by atoms with Crippen molar-refractivity contribution in [2.45, 2.75) is 18.9 Å². The van der Waals surface area contributed by atoms with Gasteiger partial charge >= 0.3 is 0 Å². The zero-order valence-electron chi connectivity index (χ0n) is 17.9. The Morgan fingerprint density at radius 3 is 2.62 bits per heavy atom. The molecule has 1 aromatic heterocycles. The summed E-state index contributed by atoms with van der Waals surface area (Å²) in [5.74, 6) is 1.64. The number of likely N-dealkylation sites (tertiary alicyclic amines) is 1. The molecule has 0 bridgehead atoms. The van der Waals surface area contributed by atoms with E-state index in [-0.39, 0.29) is 29.8 Å². The third-order valence-corrected chi connectivity index (χ3v) is 6.29. The lowest BCUT2D eigenvalue weighted by atomic mass is 9.99. The van der Waals surface area contributed by atoms with Crippen LogP contribution in [0.15, 0.2) is 42.6 Å². The van der Waals surface area contributed by atoms with Crippen molar-refractivity contribution in [2.24, 2.45) is 11.8 Å². The Kier molecular flexibility index (Phi) is 5.89. The maximum atomic E-state index is 12.5. The molecule has 3 saturated heterocycles. The molecule has 4 heterocycles. The zero-order valence-corrected chi connectivity index (χ0v) is 17.9. The molecular weight excluding hydrogens is 410 g/mol. The number of carbonyl (C=O) groups is 2. The average molecular weight is 438 g/mol. The molecule has 3 aliphatic rings. The van der Waals surface area contributed by atoms with E-state index < -0.39 is 0 Å². The summed E-state index contributed by atoms with van der Waals surface area (Å²) in [7, 11) is 0. The fraction of sp³-hybridized carbons (Fsp3) is 0.478. The zero-order chi connectivity index (χ0) is 21.9. The van der Waals surface area contributed by atoms with Crippen LogP contribution in [-0.2, 0) is 14.3 Å². The van der Waals surface area contributed by atoms with E-state index in [1.807, 2.05) is 46.2 Å². The normalized spacial score (nSPS) is 23.1. The van der Waals surface area contributed by atoms with Gasteiger partial charge in [-0.2, -0.15) is 5.10 Å². The van der Waals surface area contributed by atoms with Crippen LogP contribution in [0.3, 0.4) is 0 Å². The second-order valence-corrected chi connectivity index (χ2v) is 8.57. The summed E-state index contributed by atoms with van der Waals surface area (Å²) in [4.78, 5) is 28.9. The van der Waals surface area contributed by atoms with Crippen LogP contribution < -0.4 is 15.0 Å². The second kappa shape index (κ2) is 9.12. The monoisotopic (exact) mass is 437 g/mol. The quantitative estimate of drug-likeness (QED) is 0.733. The maximum Gasteiger partial charge on any atom is 0.231 e. The molecule has 9 heteroatoms. The van der Waals surface area contributed by atoms with Gasteiger partial charge in [-0.3, -0.25) is 9.59 Å². The molecule has 2 amide bonds. The van der Waals surface area contributed by atoms with Crippen LogP contribution in [0.1, 0.15) is 12.8 Å². The lowest BCUT2D eigenvalue weighted by Crippen LogP contribution is -2.52. The summed E-state index contributed by atoms with van der Waals surface area (Å²) in [6.45, 7) is 3.81. The number of aromatic nitrogens is 2. The molecule has 3 aliphatic heterocycles. The smallest absolute Gasteiger partial charge is 0.231 e. The number of nitrogens with one attached hydrogen (secondary N) is 1. The van der Waals surface area contributed by atoms with Gasteiger partial charge in [0.25, 0.3) is 0 Å². The predicted octanol–water partition coefficient (Wildman–Crippen LogP) is 1.57. The Morgan fingerprint density at radius 1 is 1.06 bits per heavy atom. The van der Waals surface area contributed by atoms with Gasteiger partial charge in [0, 0.05) is 44.5 Å². The Bertz CT molecular complexity index is 943. The van der Waals surface area contributed by atoms with Crippen molar-refractivity contribution >= 4 is 23.3 Å². The molecule has 3 fully saturated rings. The lowest BCUT2D eigenvalue weighted by molar-refractivity contribution is -0.134. The van der Waals surface area contributed by atoms with E-state index in [2.05, 4.69) is 15.5 Å². The van der Waals surface area contributed by atoms with E-state index >= 15 is 0 Å². The van der Waals surface area contributed by atoms with E-state index in [0.717, 1.165) is 36.6 Å². The molecular formula is C23H27N5O4. The number of benzene rings is 1. The van der Waals surface area contributed by atoms with Crippen molar-refractivity contribution in [3.05, 3.63) is 42.6 Å². The van der Waals surface area contributed by atoms with E-state index in [4.69, 9.17) is 9.47 Å². The third kappa shape index (κ3) is 4.52. The van der Waals surface area contributed by atoms with Crippen molar-refractivity contribution in [1.29, 1.82) is 0 Å². The minimum absolute atomic E-state index is 0.0000131. The molecule has 1 unspecified atom stereocenters. The number of anilines is 2. The van der Waals surface area contributed by atoms with Crippen molar-refractivity contribution in [3.8, 4) is 5.75 Å². The van der Waals surface area contributed by atoms with Crippen molar-refractivity contribution < 1.29 is 19.1 Å². The molecule has 0 radical (unpaired) electrons. The molecule has 0 spiro atoms. The maximum absolute atomic E-state index is 12.5. The van der Waals surface area contributed by atoms with Crippen LogP contribution in [0, 0.1) is 11.8 Å². The Hall–Kier alpha value is -3.20. The van der Waals surface area contributed by atoms with E-state index in [1.165, 1.54) is 0 Å². The number of nitrogens with zero attached hydrogens (tertiary/aromatic N) is 4. The van der Waals surface area contributed by atoms with Gasteiger partial charge in [-0.15, -0.1) is 5.10 Å². The number of hydrogen-bond donors (Lipinski definition) is 1. The summed E-state index contributed by atoms with van der Waals surface area (Å²) in [5, 5.41) is 10.9. The summed E-state index contributed by atoms with van der Waals surface area (Å²) in [6, 6.07) is 11.1. The van der Waals surface area contributed by atoms with Gasteiger partial charge in [0.15, 0.2) is 5.82 Å². The topological polar surface area (TPSA) is 96.9 Å². The van der Waals surface area contributed by atoms with Crippen LogP contribution in [0.5, 0.6) is 5.75 Å². The first-order chi connectivity index (χ1) is 15.7. The Balaban J connectivity index is 1.07. The molecule has 5 rings (SSSR count). The van der Waals surface area contributed by atoms with E-state index in [0.29, 0.717) is 32.8 Å². The summed E-state index contributed by atoms with van der Waals surface area (Å²) < 4.78 is 11.4. The summed E-state index contributed by atoms with van der Waals surface area (Å²) in [5.41, 5.74) is 0.741. The van der Waals surface area contributed by atoms with Crippen LogP contribution in [0.4, 0.5) is 11.5 Å². The highest BCUT2D eigenvalue weighted by Gasteiger charge is 2.34. The number of amides is 2. The first kappa shape index (κ1) is 20.7. The third-order valence-electron chi connectivity index (χ3n) is 6.29. The highest BCUT2D eigenvalue weighted by Crippen LogP contribution is 2.25. The molecule has 32 heavy (non-hydrogen) atoms. The molecule has 2 aromatic rings. The Morgan fingerprint density at radius 2 is 1.91 bits per heavy atom. The van der Waals surface area contributed by atoms with Crippen LogP contribution in [-0.4, -0.2) is 72.4 Å². The van der Waals surface area contributed by atoms with Gasteiger partial charge in [-0.25, -0.2) is 0 Å². The molecule has 9 nitrogen and oxygen atoms in total. The standard InChI is InChI=1S/C23H27N5O4/c29-22(17-12-28(13-17)21-2-1-9-24-26-21)25-18-3-5-19(6-4-18)32-20-7-10-27(14-20)23(30)16-8-11-31-15-16/h1-6,9,16-17,20H,7-8,10-15H2,(H,25,29)/t16?,20-/m1/s1. The molecule has 168 valence electrons. The first-order valence-corrected chi connectivity index (χ1v) is 11.1. The highest BCUT2D eigenvalue weighted by molar-refractivity contribution is 5.94. The first-order valence-electron chi connectivity index (χ1n) is 11.1. The molecule has 0 saturated carbocycles. The van der Waals surface area contributed by atoms with Gasteiger partial charge in [0.05, 0.1) is 25.0 Å². The number of ether oxygens (including phenoxy) is 2. The van der Waals surface area contributed by atoms with Crippen molar-refractivity contribution in [2.75, 3.05) is 49.6 Å². The molecule has 1 aromatic carbocycles. The molecule has 2 atom stereocenters. The van der Waals surface area contributed by atoms with Crippen LogP contribution >= 0.6 is 0 Å². The Labute approximate surface area is 186 Å². The number of hydrogen-bond acceptors (Lipinski definition) is 7. The van der Waals surface area contributed by atoms with Gasteiger partial charge < -0.3 is 24.6 Å². The fourth-order valence-corrected chi connectivity index (χ4v) is 4.36. The van der Waals surface area contributed by atoms with E-state index in [1.54, 1.807) is 6.20 Å². The SMILES string of the molecule is O=C(Nc1ccc(O[C@@H]2CCN(C(=O)C3CCOC3)C2)cc1)C1CN(c2cccnn2)C1. The van der Waals surface area contributed by atoms with Crippen LogP contribution in [0.25, 0.3) is 0 Å². The number of rotatable bonds is 6. The largest absolute Gasteiger partial charge is 0.489 e.